The predicted octanol–water partition coefficient (Wildman–Crippen LogP) is 1.32. The number of carbonyl (C=O) groups excluding carboxylic acids is 1. The Kier molecular flexibility index (Phi) is 3.92. The zero-order valence-electron chi connectivity index (χ0n) is 12.4. The van der Waals surface area contributed by atoms with Gasteiger partial charge in [-0.15, -0.1) is 0 Å². The molecule has 2 heterocycles. The van der Waals surface area contributed by atoms with Crippen molar-refractivity contribution in [2.24, 2.45) is 5.92 Å². The van der Waals surface area contributed by atoms with Gasteiger partial charge >= 0.3 is 5.97 Å². The zero-order chi connectivity index (χ0) is 15.7. The molecule has 1 saturated heterocycles. The lowest BCUT2D eigenvalue weighted by Gasteiger charge is -2.30. The van der Waals surface area contributed by atoms with Crippen molar-refractivity contribution in [3.8, 4) is 11.5 Å². The molecule has 2 atom stereocenters. The van der Waals surface area contributed by atoms with E-state index in [-0.39, 0.29) is 18.4 Å². The fraction of sp³-hybridized carbons (Fsp3) is 0.500. The van der Waals surface area contributed by atoms with Crippen LogP contribution in [0.25, 0.3) is 0 Å². The van der Waals surface area contributed by atoms with Crippen LogP contribution in [-0.2, 0) is 16.0 Å². The number of aliphatic carboxylic acids is 1. The van der Waals surface area contributed by atoms with E-state index in [9.17, 15) is 14.7 Å². The quantitative estimate of drug-likeness (QED) is 0.911. The molecular formula is C16H19NO5. The third-order valence-corrected chi connectivity index (χ3v) is 4.35. The fourth-order valence-corrected chi connectivity index (χ4v) is 3.16. The number of likely N-dealkylation sites (tertiary alicyclic amines) is 1. The average molecular weight is 305 g/mol. The van der Waals surface area contributed by atoms with Gasteiger partial charge in [0, 0.05) is 12.6 Å². The van der Waals surface area contributed by atoms with Crippen molar-refractivity contribution in [2.75, 3.05) is 20.3 Å². The lowest BCUT2D eigenvalue weighted by atomic mass is 9.95. The first-order valence-electron chi connectivity index (χ1n) is 7.43. The number of amides is 1. The molecule has 6 nitrogen and oxygen atoms in total. The molecule has 0 aliphatic carbocycles. The first-order chi connectivity index (χ1) is 10.6. The van der Waals surface area contributed by atoms with Crippen LogP contribution < -0.4 is 9.47 Å². The van der Waals surface area contributed by atoms with E-state index in [4.69, 9.17) is 9.47 Å². The number of methoxy groups -OCH3 is 1. The van der Waals surface area contributed by atoms with Gasteiger partial charge in [0.1, 0.15) is 24.1 Å². The van der Waals surface area contributed by atoms with Crippen molar-refractivity contribution in [2.45, 2.75) is 25.3 Å². The van der Waals surface area contributed by atoms with Gasteiger partial charge in [-0.1, -0.05) is 6.07 Å². The molecule has 0 saturated carbocycles. The molecule has 1 aromatic carbocycles. The highest BCUT2D eigenvalue weighted by Crippen LogP contribution is 2.32. The van der Waals surface area contributed by atoms with Crippen LogP contribution in [0.1, 0.15) is 18.4 Å². The van der Waals surface area contributed by atoms with Crippen LogP contribution in [0.15, 0.2) is 18.2 Å². The van der Waals surface area contributed by atoms with Crippen LogP contribution in [-0.4, -0.2) is 48.2 Å². The average Bonchev–Trinajstić information content (AvgIpc) is 3.03. The summed E-state index contributed by atoms with van der Waals surface area (Å²) in [7, 11) is 1.59. The molecule has 2 aliphatic rings. The number of hydrogen-bond donors (Lipinski definition) is 1. The van der Waals surface area contributed by atoms with Gasteiger partial charge in [0.05, 0.1) is 13.0 Å². The van der Waals surface area contributed by atoms with Crippen molar-refractivity contribution < 1.29 is 24.2 Å². The molecule has 118 valence electrons. The maximum Gasteiger partial charge on any atom is 0.326 e. The van der Waals surface area contributed by atoms with Crippen molar-refractivity contribution in [1.82, 2.24) is 4.90 Å². The molecule has 22 heavy (non-hydrogen) atoms. The molecule has 2 aliphatic heterocycles. The van der Waals surface area contributed by atoms with Gasteiger partial charge < -0.3 is 19.5 Å². The maximum atomic E-state index is 12.6. The Balaban J connectivity index is 1.74. The van der Waals surface area contributed by atoms with Crippen LogP contribution >= 0.6 is 0 Å². The molecule has 1 fully saturated rings. The fourth-order valence-electron chi connectivity index (χ4n) is 3.16. The molecule has 0 spiro atoms. The molecule has 0 aromatic heterocycles. The van der Waals surface area contributed by atoms with E-state index < -0.39 is 12.0 Å². The van der Waals surface area contributed by atoms with Gasteiger partial charge in [-0.3, -0.25) is 4.79 Å². The highest BCUT2D eigenvalue weighted by Gasteiger charge is 2.38. The molecule has 6 heteroatoms. The minimum absolute atomic E-state index is 0.119. The minimum atomic E-state index is -0.923. The lowest BCUT2D eigenvalue weighted by Crippen LogP contribution is -2.46. The van der Waals surface area contributed by atoms with Crippen molar-refractivity contribution in [3.63, 3.8) is 0 Å². The van der Waals surface area contributed by atoms with Gasteiger partial charge in [0.25, 0.3) is 0 Å². The maximum absolute atomic E-state index is 12.6. The lowest BCUT2D eigenvalue weighted by molar-refractivity contribution is -0.150. The normalized spacial score (nSPS) is 23.6. The second kappa shape index (κ2) is 5.87. The number of carboxylic acids is 1. The Bertz CT molecular complexity index is 600. The zero-order valence-corrected chi connectivity index (χ0v) is 12.4. The molecule has 0 unspecified atom stereocenters. The van der Waals surface area contributed by atoms with Gasteiger partial charge in [0.15, 0.2) is 0 Å². The van der Waals surface area contributed by atoms with Crippen LogP contribution in [0.3, 0.4) is 0 Å². The summed E-state index contributed by atoms with van der Waals surface area (Å²) < 4.78 is 10.8. The van der Waals surface area contributed by atoms with Crippen LogP contribution in [0.4, 0.5) is 0 Å². The second-order valence-corrected chi connectivity index (χ2v) is 5.71. The smallest absolute Gasteiger partial charge is 0.326 e. The largest absolute Gasteiger partial charge is 0.497 e. The monoisotopic (exact) mass is 305 g/mol. The van der Waals surface area contributed by atoms with E-state index in [0.29, 0.717) is 25.1 Å². The number of carbonyl (C=O) groups is 2. The number of benzene rings is 1. The molecule has 0 bridgehead atoms. The number of fused-ring (bicyclic) bond motifs is 1. The molecule has 0 radical (unpaired) electrons. The number of carboxylic acid groups (broad SMARTS) is 1. The third kappa shape index (κ3) is 2.61. The number of nitrogens with zero attached hydrogens (tertiary/aromatic N) is 1. The van der Waals surface area contributed by atoms with E-state index in [2.05, 4.69) is 0 Å². The number of ether oxygens (including phenoxy) is 2. The summed E-state index contributed by atoms with van der Waals surface area (Å²) in [5.41, 5.74) is 0.955. The van der Waals surface area contributed by atoms with Crippen LogP contribution in [0.5, 0.6) is 11.5 Å². The SMILES string of the molecule is COc1ccc2c(c1)OC[C@@H](C(=O)N1CCC[C@H]1C(=O)O)C2. The van der Waals surface area contributed by atoms with Gasteiger partial charge in [-0.2, -0.15) is 0 Å². The molecular weight excluding hydrogens is 286 g/mol. The number of rotatable bonds is 3. The standard InChI is InChI=1S/C16H19NO5/c1-21-12-5-4-10-7-11(9-22-14(10)8-12)15(18)17-6-2-3-13(17)16(19)20/h4-5,8,11,13H,2-3,6-7,9H2,1H3,(H,19,20)/t11-,13-/m0/s1. The first kappa shape index (κ1) is 14.7. The summed E-state index contributed by atoms with van der Waals surface area (Å²) in [5, 5.41) is 9.21. The highest BCUT2D eigenvalue weighted by molar-refractivity contribution is 5.86. The summed E-state index contributed by atoms with van der Waals surface area (Å²) in [6, 6.07) is 4.85. The number of hydrogen-bond acceptors (Lipinski definition) is 4. The summed E-state index contributed by atoms with van der Waals surface area (Å²) in [4.78, 5) is 25.3. The Hall–Kier alpha value is -2.24. The topological polar surface area (TPSA) is 76.1 Å². The Labute approximate surface area is 128 Å². The van der Waals surface area contributed by atoms with Gasteiger partial charge in [-0.25, -0.2) is 4.79 Å². The van der Waals surface area contributed by atoms with Crippen molar-refractivity contribution in [1.29, 1.82) is 0 Å². The Morgan fingerprint density at radius 3 is 2.95 bits per heavy atom. The van der Waals surface area contributed by atoms with Crippen LogP contribution in [0.2, 0.25) is 0 Å². The molecule has 3 rings (SSSR count). The highest BCUT2D eigenvalue weighted by atomic mass is 16.5. The summed E-state index contributed by atoms with van der Waals surface area (Å²) in [6.45, 7) is 0.795. The predicted molar refractivity (Wildman–Crippen MR) is 78.1 cm³/mol. The summed E-state index contributed by atoms with van der Waals surface area (Å²) in [6.07, 6.45) is 1.84. The first-order valence-corrected chi connectivity index (χ1v) is 7.43. The van der Waals surface area contributed by atoms with Gasteiger partial charge in [0.2, 0.25) is 5.91 Å². The Morgan fingerprint density at radius 1 is 1.41 bits per heavy atom. The Morgan fingerprint density at radius 2 is 2.23 bits per heavy atom. The third-order valence-electron chi connectivity index (χ3n) is 4.35. The van der Waals surface area contributed by atoms with Crippen molar-refractivity contribution >= 4 is 11.9 Å². The molecule has 1 aromatic rings. The van der Waals surface area contributed by atoms with E-state index in [0.717, 1.165) is 17.7 Å². The van der Waals surface area contributed by atoms with E-state index >= 15 is 0 Å². The molecule has 1 N–H and O–H groups in total. The van der Waals surface area contributed by atoms with Crippen molar-refractivity contribution in [3.05, 3.63) is 23.8 Å². The van der Waals surface area contributed by atoms with Gasteiger partial charge in [-0.05, 0) is 30.9 Å². The second-order valence-electron chi connectivity index (χ2n) is 5.71. The van der Waals surface area contributed by atoms with E-state index in [1.54, 1.807) is 7.11 Å². The van der Waals surface area contributed by atoms with E-state index in [1.165, 1.54) is 4.90 Å². The molecule has 1 amide bonds. The van der Waals surface area contributed by atoms with Crippen LogP contribution in [0, 0.1) is 5.92 Å². The summed E-state index contributed by atoms with van der Waals surface area (Å²) in [5.74, 6) is 0.0912. The summed E-state index contributed by atoms with van der Waals surface area (Å²) >= 11 is 0. The van der Waals surface area contributed by atoms with E-state index in [1.807, 2.05) is 18.2 Å². The minimum Gasteiger partial charge on any atom is -0.497 e.